The van der Waals surface area contributed by atoms with Gasteiger partial charge in [0.2, 0.25) is 0 Å². The summed E-state index contributed by atoms with van der Waals surface area (Å²) < 4.78 is 1.10. The van der Waals surface area contributed by atoms with E-state index in [1.807, 2.05) is 6.07 Å². The number of halogens is 1. The molecular formula is C15H19BrN2. The van der Waals surface area contributed by atoms with E-state index in [1.165, 1.54) is 16.6 Å². The highest BCUT2D eigenvalue weighted by Gasteiger charge is 2.11. The van der Waals surface area contributed by atoms with Crippen LogP contribution in [0.2, 0.25) is 0 Å². The Balaban J connectivity index is 2.68. The van der Waals surface area contributed by atoms with E-state index in [0.29, 0.717) is 0 Å². The maximum absolute atomic E-state index is 4.70. The van der Waals surface area contributed by atoms with Gasteiger partial charge in [-0.05, 0) is 43.5 Å². The summed E-state index contributed by atoms with van der Waals surface area (Å²) >= 11 is 3.54. The third kappa shape index (κ3) is 2.51. The predicted octanol–water partition coefficient (Wildman–Crippen LogP) is 4.69. The Kier molecular flexibility index (Phi) is 4.23. The lowest BCUT2D eigenvalue weighted by atomic mass is 10.0. The van der Waals surface area contributed by atoms with Gasteiger partial charge >= 0.3 is 0 Å². The largest absolute Gasteiger partial charge is 0.384 e. The quantitative estimate of drug-likeness (QED) is 0.886. The Bertz CT molecular complexity index is 564. The fraction of sp³-hybridized carbons (Fsp3) is 0.400. The molecule has 1 aromatic carbocycles. The Morgan fingerprint density at radius 3 is 2.72 bits per heavy atom. The molecule has 1 N–H and O–H groups in total. The monoisotopic (exact) mass is 306 g/mol. The number of hydrogen-bond donors (Lipinski definition) is 1. The first-order valence-electron chi connectivity index (χ1n) is 6.50. The van der Waals surface area contributed by atoms with Crippen molar-refractivity contribution in [2.45, 2.75) is 33.6 Å². The minimum atomic E-state index is 0.998. The number of nitrogens with zero attached hydrogens (tertiary/aromatic N) is 1. The van der Waals surface area contributed by atoms with Crippen molar-refractivity contribution >= 4 is 32.5 Å². The van der Waals surface area contributed by atoms with Gasteiger partial charge in [-0.25, -0.2) is 0 Å². The van der Waals surface area contributed by atoms with Crippen LogP contribution in [-0.2, 0) is 6.42 Å². The third-order valence-corrected chi connectivity index (χ3v) is 3.65. The second-order valence-corrected chi connectivity index (χ2v) is 5.41. The molecule has 2 nitrogen and oxygen atoms in total. The van der Waals surface area contributed by atoms with E-state index in [0.717, 1.165) is 35.1 Å². The van der Waals surface area contributed by atoms with Crippen LogP contribution in [0.25, 0.3) is 10.9 Å². The molecule has 0 saturated carbocycles. The lowest BCUT2D eigenvalue weighted by Gasteiger charge is -2.16. The molecule has 18 heavy (non-hydrogen) atoms. The molecule has 0 radical (unpaired) electrons. The van der Waals surface area contributed by atoms with Crippen molar-refractivity contribution in [3.05, 3.63) is 33.9 Å². The van der Waals surface area contributed by atoms with Gasteiger partial charge in [-0.15, -0.1) is 0 Å². The Labute approximate surface area is 117 Å². The number of hydrogen-bond acceptors (Lipinski definition) is 2. The van der Waals surface area contributed by atoms with Crippen molar-refractivity contribution in [2.75, 3.05) is 11.9 Å². The summed E-state index contributed by atoms with van der Waals surface area (Å²) in [6, 6.07) is 6.27. The minimum Gasteiger partial charge on any atom is -0.384 e. The number of aromatic nitrogens is 1. The van der Waals surface area contributed by atoms with Gasteiger partial charge in [0, 0.05) is 27.8 Å². The van der Waals surface area contributed by atoms with Crippen LogP contribution in [0.4, 0.5) is 5.69 Å². The zero-order chi connectivity index (χ0) is 13.1. The third-order valence-electron chi connectivity index (χ3n) is 3.16. The molecule has 1 aromatic heterocycles. The van der Waals surface area contributed by atoms with Crippen LogP contribution in [0.5, 0.6) is 0 Å². The zero-order valence-corrected chi connectivity index (χ0v) is 12.8. The highest BCUT2D eigenvalue weighted by atomic mass is 79.9. The fourth-order valence-corrected chi connectivity index (χ4v) is 2.64. The molecule has 0 bridgehead atoms. The number of rotatable bonds is 4. The number of anilines is 1. The average Bonchev–Trinajstić information content (AvgIpc) is 2.36. The van der Waals surface area contributed by atoms with Gasteiger partial charge in [-0.3, -0.25) is 4.98 Å². The van der Waals surface area contributed by atoms with Crippen molar-refractivity contribution in [2.24, 2.45) is 0 Å². The first-order chi connectivity index (χ1) is 8.67. The number of aryl methyl sites for hydroxylation is 1. The van der Waals surface area contributed by atoms with Crippen molar-refractivity contribution in [1.29, 1.82) is 0 Å². The van der Waals surface area contributed by atoms with E-state index in [9.17, 15) is 0 Å². The van der Waals surface area contributed by atoms with Crippen molar-refractivity contribution in [3.63, 3.8) is 0 Å². The fourth-order valence-electron chi connectivity index (χ4n) is 2.28. The molecule has 0 saturated heterocycles. The second-order valence-electron chi connectivity index (χ2n) is 4.49. The molecule has 0 fully saturated rings. The summed E-state index contributed by atoms with van der Waals surface area (Å²) in [7, 11) is 0. The first kappa shape index (κ1) is 13.3. The molecule has 0 aliphatic carbocycles. The highest BCUT2D eigenvalue weighted by molar-refractivity contribution is 9.10. The maximum Gasteiger partial charge on any atom is 0.0726 e. The van der Waals surface area contributed by atoms with Gasteiger partial charge in [-0.1, -0.05) is 29.8 Å². The van der Waals surface area contributed by atoms with Crippen molar-refractivity contribution < 1.29 is 0 Å². The van der Waals surface area contributed by atoms with Crippen LogP contribution >= 0.6 is 15.9 Å². The van der Waals surface area contributed by atoms with Gasteiger partial charge in [0.25, 0.3) is 0 Å². The van der Waals surface area contributed by atoms with Crippen LogP contribution in [0, 0.1) is 6.92 Å². The lowest BCUT2D eigenvalue weighted by molar-refractivity contribution is 0.969. The smallest absolute Gasteiger partial charge is 0.0726 e. The Morgan fingerprint density at radius 2 is 2.06 bits per heavy atom. The molecule has 0 amide bonds. The normalized spacial score (nSPS) is 10.9. The minimum absolute atomic E-state index is 0.998. The van der Waals surface area contributed by atoms with Crippen LogP contribution in [-0.4, -0.2) is 11.5 Å². The van der Waals surface area contributed by atoms with E-state index in [2.05, 4.69) is 54.2 Å². The van der Waals surface area contributed by atoms with Gasteiger partial charge in [-0.2, -0.15) is 0 Å². The highest BCUT2D eigenvalue weighted by Crippen LogP contribution is 2.30. The standard InChI is InChI=1S/C15H19BrN2/c1-4-8-17-15-12(5-2)10(3)18-14-7-6-11(16)9-13(14)15/h6-7,9H,4-5,8H2,1-3H3,(H,17,18). The van der Waals surface area contributed by atoms with Crippen LogP contribution in [0.15, 0.2) is 22.7 Å². The first-order valence-corrected chi connectivity index (χ1v) is 7.29. The average molecular weight is 307 g/mol. The summed E-state index contributed by atoms with van der Waals surface area (Å²) in [5.74, 6) is 0. The molecule has 0 atom stereocenters. The number of benzene rings is 1. The summed E-state index contributed by atoms with van der Waals surface area (Å²) in [6.45, 7) is 7.46. The number of fused-ring (bicyclic) bond motifs is 1. The van der Waals surface area contributed by atoms with Crippen LogP contribution < -0.4 is 5.32 Å². The number of nitrogens with one attached hydrogen (secondary N) is 1. The van der Waals surface area contributed by atoms with E-state index in [4.69, 9.17) is 4.98 Å². The summed E-state index contributed by atoms with van der Waals surface area (Å²) in [4.78, 5) is 4.70. The summed E-state index contributed by atoms with van der Waals surface area (Å²) in [6.07, 6.45) is 2.13. The van der Waals surface area contributed by atoms with Gasteiger partial charge in [0.15, 0.2) is 0 Å². The van der Waals surface area contributed by atoms with Gasteiger partial charge < -0.3 is 5.32 Å². The number of pyridine rings is 1. The molecule has 3 heteroatoms. The Morgan fingerprint density at radius 1 is 1.28 bits per heavy atom. The van der Waals surface area contributed by atoms with E-state index < -0.39 is 0 Å². The van der Waals surface area contributed by atoms with Crippen LogP contribution in [0.1, 0.15) is 31.5 Å². The molecule has 0 unspecified atom stereocenters. The van der Waals surface area contributed by atoms with Crippen molar-refractivity contribution in [1.82, 2.24) is 4.98 Å². The van der Waals surface area contributed by atoms with Gasteiger partial charge in [0.1, 0.15) is 0 Å². The van der Waals surface area contributed by atoms with E-state index in [-0.39, 0.29) is 0 Å². The van der Waals surface area contributed by atoms with Gasteiger partial charge in [0.05, 0.1) is 5.52 Å². The Hall–Kier alpha value is -1.09. The molecule has 0 spiro atoms. The molecule has 0 aliphatic rings. The van der Waals surface area contributed by atoms with Crippen LogP contribution in [0.3, 0.4) is 0 Å². The molecule has 1 heterocycles. The van der Waals surface area contributed by atoms with Crippen molar-refractivity contribution in [3.8, 4) is 0 Å². The van der Waals surface area contributed by atoms with E-state index in [1.54, 1.807) is 0 Å². The predicted molar refractivity (Wildman–Crippen MR) is 82.3 cm³/mol. The lowest BCUT2D eigenvalue weighted by Crippen LogP contribution is -2.06. The zero-order valence-electron chi connectivity index (χ0n) is 11.2. The summed E-state index contributed by atoms with van der Waals surface area (Å²) in [5, 5.41) is 4.77. The molecular weight excluding hydrogens is 288 g/mol. The molecule has 96 valence electrons. The topological polar surface area (TPSA) is 24.9 Å². The van der Waals surface area contributed by atoms with E-state index >= 15 is 0 Å². The SMILES string of the molecule is CCCNc1c(CC)c(C)nc2ccc(Br)cc12. The summed E-state index contributed by atoms with van der Waals surface area (Å²) in [5.41, 5.74) is 4.77. The molecule has 0 aliphatic heterocycles. The molecule has 2 rings (SSSR count). The maximum atomic E-state index is 4.70. The second kappa shape index (κ2) is 5.70. The molecule has 2 aromatic rings.